The summed E-state index contributed by atoms with van der Waals surface area (Å²) in [6.45, 7) is 7.29. The Bertz CT molecular complexity index is 161. The topological polar surface area (TPSA) is 3.24 Å². The van der Waals surface area contributed by atoms with E-state index in [1.807, 2.05) is 0 Å². The van der Waals surface area contributed by atoms with Gasteiger partial charge >= 0.3 is 0 Å². The van der Waals surface area contributed by atoms with Crippen LogP contribution >= 0.6 is 15.9 Å². The maximum atomic E-state index is 3.66. The maximum absolute atomic E-state index is 3.66. The number of likely N-dealkylation sites (tertiary alicyclic amines) is 1. The van der Waals surface area contributed by atoms with Gasteiger partial charge in [0.15, 0.2) is 0 Å². The predicted octanol–water partition coefficient (Wildman–Crippen LogP) is 4.06. The normalized spacial score (nSPS) is 25.4. The molecule has 0 aromatic carbocycles. The molecule has 0 aromatic heterocycles. The Hall–Kier alpha value is 0.440. The maximum Gasteiger partial charge on any atom is 0.00927 e. The average molecular weight is 276 g/mol. The zero-order chi connectivity index (χ0) is 11.1. The van der Waals surface area contributed by atoms with E-state index in [1.54, 1.807) is 0 Å². The molecule has 2 atom stereocenters. The molecule has 0 amide bonds. The summed E-state index contributed by atoms with van der Waals surface area (Å²) in [5.41, 5.74) is 0. The number of halogens is 1. The van der Waals surface area contributed by atoms with Crippen molar-refractivity contribution >= 4 is 15.9 Å². The zero-order valence-electron chi connectivity index (χ0n) is 10.3. The van der Waals surface area contributed by atoms with Crippen LogP contribution in [0.15, 0.2) is 0 Å². The Morgan fingerprint density at radius 2 is 2.13 bits per heavy atom. The van der Waals surface area contributed by atoms with E-state index in [9.17, 15) is 0 Å². The lowest BCUT2D eigenvalue weighted by atomic mass is 9.97. The van der Waals surface area contributed by atoms with Crippen molar-refractivity contribution in [3.8, 4) is 0 Å². The molecule has 1 aliphatic heterocycles. The van der Waals surface area contributed by atoms with E-state index in [0.717, 1.165) is 12.0 Å². The second-order valence-corrected chi connectivity index (χ2v) is 5.51. The van der Waals surface area contributed by atoms with Crippen LogP contribution in [0.4, 0.5) is 0 Å². The van der Waals surface area contributed by atoms with Gasteiger partial charge in [-0.2, -0.15) is 0 Å². The van der Waals surface area contributed by atoms with Crippen LogP contribution in [-0.2, 0) is 0 Å². The van der Waals surface area contributed by atoms with E-state index in [-0.39, 0.29) is 0 Å². The Morgan fingerprint density at radius 1 is 1.33 bits per heavy atom. The van der Waals surface area contributed by atoms with Crippen molar-refractivity contribution in [1.82, 2.24) is 4.90 Å². The fraction of sp³-hybridized carbons (Fsp3) is 1.00. The monoisotopic (exact) mass is 275 g/mol. The summed E-state index contributed by atoms with van der Waals surface area (Å²) in [6, 6.07) is 0.872. The number of rotatable bonds is 6. The summed E-state index contributed by atoms with van der Waals surface area (Å²) < 4.78 is 0. The van der Waals surface area contributed by atoms with Gasteiger partial charge in [-0.05, 0) is 38.1 Å². The molecule has 0 aliphatic carbocycles. The summed E-state index contributed by atoms with van der Waals surface area (Å²) in [6.07, 6.45) is 8.32. The molecule has 1 aliphatic rings. The standard InChI is InChI=1S/C13H26BrN/c1-3-7-12(10-14)11-15-9-6-5-8-13(15)4-2/h12-13H,3-11H2,1-2H3. The number of alkyl halides is 1. The molecule has 15 heavy (non-hydrogen) atoms. The lowest BCUT2D eigenvalue weighted by Gasteiger charge is -2.37. The summed E-state index contributed by atoms with van der Waals surface area (Å²) in [5.74, 6) is 0.863. The van der Waals surface area contributed by atoms with E-state index in [0.29, 0.717) is 0 Å². The molecular formula is C13H26BrN. The van der Waals surface area contributed by atoms with E-state index in [1.165, 1.54) is 56.9 Å². The molecule has 1 fully saturated rings. The van der Waals surface area contributed by atoms with Crippen molar-refractivity contribution in [3.63, 3.8) is 0 Å². The van der Waals surface area contributed by atoms with Gasteiger partial charge in [-0.15, -0.1) is 0 Å². The quantitative estimate of drug-likeness (QED) is 0.661. The third-order valence-electron chi connectivity index (χ3n) is 3.63. The summed E-state index contributed by atoms with van der Waals surface area (Å²) in [5, 5.41) is 1.17. The molecule has 1 saturated heterocycles. The molecule has 0 aromatic rings. The highest BCUT2D eigenvalue weighted by Gasteiger charge is 2.22. The Morgan fingerprint density at radius 3 is 2.73 bits per heavy atom. The minimum absolute atomic E-state index is 0.863. The van der Waals surface area contributed by atoms with Gasteiger partial charge in [-0.25, -0.2) is 0 Å². The fourth-order valence-corrected chi connectivity index (χ4v) is 3.25. The predicted molar refractivity (Wildman–Crippen MR) is 71.7 cm³/mol. The van der Waals surface area contributed by atoms with Gasteiger partial charge in [0.05, 0.1) is 0 Å². The lowest BCUT2D eigenvalue weighted by Crippen LogP contribution is -2.42. The molecular weight excluding hydrogens is 250 g/mol. The Labute approximate surface area is 104 Å². The molecule has 1 heterocycles. The summed E-state index contributed by atoms with van der Waals surface area (Å²) >= 11 is 3.66. The second-order valence-electron chi connectivity index (χ2n) is 4.86. The van der Waals surface area contributed by atoms with Crippen molar-refractivity contribution in [1.29, 1.82) is 0 Å². The van der Waals surface area contributed by atoms with Gasteiger partial charge in [0, 0.05) is 17.9 Å². The van der Waals surface area contributed by atoms with E-state index in [2.05, 4.69) is 34.7 Å². The molecule has 0 radical (unpaired) electrons. The minimum Gasteiger partial charge on any atom is -0.300 e. The van der Waals surface area contributed by atoms with Gasteiger partial charge < -0.3 is 4.90 Å². The van der Waals surface area contributed by atoms with Crippen LogP contribution in [0.1, 0.15) is 52.4 Å². The highest BCUT2D eigenvalue weighted by atomic mass is 79.9. The highest BCUT2D eigenvalue weighted by Crippen LogP contribution is 2.22. The number of piperidine rings is 1. The van der Waals surface area contributed by atoms with Crippen LogP contribution in [0.3, 0.4) is 0 Å². The molecule has 1 rings (SSSR count). The number of hydrogen-bond donors (Lipinski definition) is 0. The van der Waals surface area contributed by atoms with Crippen molar-refractivity contribution in [2.24, 2.45) is 5.92 Å². The molecule has 90 valence electrons. The van der Waals surface area contributed by atoms with Crippen molar-refractivity contribution in [2.75, 3.05) is 18.4 Å². The number of hydrogen-bond acceptors (Lipinski definition) is 1. The average Bonchev–Trinajstić information content (AvgIpc) is 2.29. The number of nitrogens with zero attached hydrogens (tertiary/aromatic N) is 1. The molecule has 2 unspecified atom stereocenters. The molecule has 1 nitrogen and oxygen atoms in total. The largest absolute Gasteiger partial charge is 0.300 e. The smallest absolute Gasteiger partial charge is 0.00927 e. The molecule has 0 spiro atoms. The molecule has 2 heteroatoms. The van der Waals surface area contributed by atoms with Crippen LogP contribution in [0.5, 0.6) is 0 Å². The fourth-order valence-electron chi connectivity index (χ4n) is 2.72. The second kappa shape index (κ2) is 7.67. The highest BCUT2D eigenvalue weighted by molar-refractivity contribution is 9.09. The van der Waals surface area contributed by atoms with Crippen molar-refractivity contribution in [2.45, 2.75) is 58.4 Å². The first-order valence-corrected chi connectivity index (χ1v) is 7.73. The van der Waals surface area contributed by atoms with E-state index in [4.69, 9.17) is 0 Å². The first-order valence-electron chi connectivity index (χ1n) is 6.61. The SMILES string of the molecule is CCCC(CBr)CN1CCCCC1CC. The minimum atomic E-state index is 0.863. The van der Waals surface area contributed by atoms with Crippen molar-refractivity contribution in [3.05, 3.63) is 0 Å². The van der Waals surface area contributed by atoms with E-state index >= 15 is 0 Å². The van der Waals surface area contributed by atoms with Gasteiger partial charge in [0.2, 0.25) is 0 Å². The van der Waals surface area contributed by atoms with Crippen LogP contribution < -0.4 is 0 Å². The molecule has 0 N–H and O–H groups in total. The van der Waals surface area contributed by atoms with Crippen LogP contribution in [0.25, 0.3) is 0 Å². The lowest BCUT2D eigenvalue weighted by molar-refractivity contribution is 0.124. The molecule has 0 saturated carbocycles. The molecule has 0 bridgehead atoms. The summed E-state index contributed by atoms with van der Waals surface area (Å²) in [7, 11) is 0. The first-order chi connectivity index (χ1) is 7.31. The van der Waals surface area contributed by atoms with Gasteiger partial charge in [0.1, 0.15) is 0 Å². The Balaban J connectivity index is 2.38. The zero-order valence-corrected chi connectivity index (χ0v) is 11.9. The third kappa shape index (κ3) is 4.44. The van der Waals surface area contributed by atoms with Crippen LogP contribution in [-0.4, -0.2) is 29.4 Å². The van der Waals surface area contributed by atoms with Crippen molar-refractivity contribution < 1.29 is 0 Å². The van der Waals surface area contributed by atoms with Crippen LogP contribution in [0, 0.1) is 5.92 Å². The third-order valence-corrected chi connectivity index (χ3v) is 4.54. The summed E-state index contributed by atoms with van der Waals surface area (Å²) in [4.78, 5) is 2.74. The van der Waals surface area contributed by atoms with Gasteiger partial charge in [-0.1, -0.05) is 42.6 Å². The Kier molecular flexibility index (Phi) is 6.91. The van der Waals surface area contributed by atoms with Crippen LogP contribution in [0.2, 0.25) is 0 Å². The first kappa shape index (κ1) is 13.5. The van der Waals surface area contributed by atoms with Gasteiger partial charge in [0.25, 0.3) is 0 Å². The van der Waals surface area contributed by atoms with E-state index < -0.39 is 0 Å². The van der Waals surface area contributed by atoms with Gasteiger partial charge in [-0.3, -0.25) is 0 Å².